The summed E-state index contributed by atoms with van der Waals surface area (Å²) in [6.07, 6.45) is 11.4. The highest BCUT2D eigenvalue weighted by molar-refractivity contribution is 5.95. The topological polar surface area (TPSA) is 80.7 Å². The van der Waals surface area contributed by atoms with Gasteiger partial charge in [-0.3, -0.25) is 14.4 Å². The number of rotatable bonds is 4. The lowest BCUT2D eigenvalue weighted by Gasteiger charge is -2.70. The first kappa shape index (κ1) is 28.9. The SMILES string of the molecule is CC1(C)CCC2(C)CCC3(C)C(=CC(=O)C4C5(C)CCC(OC(=O)CCC(=O)O)C(C)(C)C5CCC43C)C2C1. The Morgan fingerprint density at radius 3 is 2.23 bits per heavy atom. The zero-order valence-corrected chi connectivity index (χ0v) is 25.7. The largest absolute Gasteiger partial charge is 0.481 e. The molecule has 0 saturated heterocycles. The maximum absolute atomic E-state index is 14.4. The summed E-state index contributed by atoms with van der Waals surface area (Å²) < 4.78 is 5.94. The second-order valence-corrected chi connectivity index (χ2v) is 16.6. The van der Waals surface area contributed by atoms with Gasteiger partial charge < -0.3 is 9.84 Å². The van der Waals surface area contributed by atoms with E-state index in [0.717, 1.165) is 25.7 Å². The number of carbonyl (C=O) groups excluding carboxylic acids is 2. The summed E-state index contributed by atoms with van der Waals surface area (Å²) in [6, 6.07) is 0. The van der Waals surface area contributed by atoms with E-state index in [1.807, 2.05) is 0 Å². The van der Waals surface area contributed by atoms with Crippen molar-refractivity contribution in [1.29, 1.82) is 0 Å². The van der Waals surface area contributed by atoms with Gasteiger partial charge in [0.05, 0.1) is 12.8 Å². The molecule has 5 heteroatoms. The summed E-state index contributed by atoms with van der Waals surface area (Å²) in [5.74, 6) is -0.331. The molecule has 0 aliphatic heterocycles. The van der Waals surface area contributed by atoms with Crippen LogP contribution in [0.3, 0.4) is 0 Å². The number of fused-ring (bicyclic) bond motifs is 7. The predicted molar refractivity (Wildman–Crippen MR) is 152 cm³/mol. The maximum Gasteiger partial charge on any atom is 0.306 e. The van der Waals surface area contributed by atoms with Gasteiger partial charge in [-0.05, 0) is 103 Å². The van der Waals surface area contributed by atoms with Crippen molar-refractivity contribution < 1.29 is 24.2 Å². The molecule has 5 aliphatic carbocycles. The Morgan fingerprint density at radius 2 is 1.56 bits per heavy atom. The third-order valence-electron chi connectivity index (χ3n) is 13.6. The van der Waals surface area contributed by atoms with Gasteiger partial charge in [-0.15, -0.1) is 0 Å². The molecular formula is C34H52O5. The van der Waals surface area contributed by atoms with Crippen LogP contribution >= 0.6 is 0 Å². The van der Waals surface area contributed by atoms with E-state index in [4.69, 9.17) is 9.84 Å². The lowest BCUT2D eigenvalue weighted by atomic mass is 9.33. The normalized spacial score (nSPS) is 46.1. The molecule has 0 amide bonds. The monoisotopic (exact) mass is 540 g/mol. The van der Waals surface area contributed by atoms with Crippen molar-refractivity contribution in [2.75, 3.05) is 0 Å². The first-order chi connectivity index (χ1) is 17.9. The molecule has 8 unspecified atom stereocenters. The van der Waals surface area contributed by atoms with E-state index in [0.29, 0.717) is 22.5 Å². The van der Waals surface area contributed by atoms with Gasteiger partial charge >= 0.3 is 11.9 Å². The number of hydrogen-bond donors (Lipinski definition) is 1. The van der Waals surface area contributed by atoms with Crippen LogP contribution in [-0.4, -0.2) is 28.9 Å². The first-order valence-electron chi connectivity index (χ1n) is 15.6. The van der Waals surface area contributed by atoms with E-state index in [2.05, 4.69) is 61.5 Å². The van der Waals surface area contributed by atoms with Gasteiger partial charge in [-0.2, -0.15) is 0 Å². The third kappa shape index (κ3) is 4.18. The number of ether oxygens (including phenoxy) is 1. The molecule has 4 fully saturated rings. The number of carboxylic acids is 1. The minimum atomic E-state index is -0.981. The fraction of sp³-hybridized carbons (Fsp3) is 0.853. The van der Waals surface area contributed by atoms with Crippen LogP contribution in [0.1, 0.15) is 126 Å². The van der Waals surface area contributed by atoms with Gasteiger partial charge in [0.2, 0.25) is 0 Å². The third-order valence-corrected chi connectivity index (χ3v) is 13.6. The average molecular weight is 541 g/mol. The molecule has 5 nitrogen and oxygen atoms in total. The smallest absolute Gasteiger partial charge is 0.306 e. The van der Waals surface area contributed by atoms with E-state index in [1.54, 1.807) is 0 Å². The maximum atomic E-state index is 14.4. The summed E-state index contributed by atoms with van der Waals surface area (Å²) >= 11 is 0. The van der Waals surface area contributed by atoms with Crippen molar-refractivity contribution in [3.05, 3.63) is 11.6 Å². The summed E-state index contributed by atoms with van der Waals surface area (Å²) in [4.78, 5) is 37.9. The molecular weight excluding hydrogens is 488 g/mol. The Balaban J connectivity index is 1.48. The van der Waals surface area contributed by atoms with Crippen LogP contribution in [0, 0.1) is 50.2 Å². The number of allylic oxidation sites excluding steroid dienone is 2. The molecule has 5 aliphatic rings. The van der Waals surface area contributed by atoms with E-state index in [9.17, 15) is 14.4 Å². The average Bonchev–Trinajstić information content (AvgIpc) is 2.82. The first-order valence-corrected chi connectivity index (χ1v) is 15.6. The number of esters is 1. The van der Waals surface area contributed by atoms with Crippen molar-refractivity contribution >= 4 is 17.7 Å². The van der Waals surface area contributed by atoms with Crippen LogP contribution < -0.4 is 0 Å². The van der Waals surface area contributed by atoms with E-state index in [-0.39, 0.29) is 52.4 Å². The summed E-state index contributed by atoms with van der Waals surface area (Å²) in [7, 11) is 0. The molecule has 0 aromatic carbocycles. The fourth-order valence-electron chi connectivity index (χ4n) is 11.0. The number of carboxylic acid groups (broad SMARTS) is 1. The molecule has 4 saturated carbocycles. The molecule has 0 aromatic heterocycles. The van der Waals surface area contributed by atoms with Gasteiger partial charge in [-0.25, -0.2) is 0 Å². The summed E-state index contributed by atoms with van der Waals surface area (Å²) in [6.45, 7) is 19.0. The molecule has 5 rings (SSSR count). The zero-order chi connectivity index (χ0) is 28.8. The van der Waals surface area contributed by atoms with Gasteiger partial charge in [0.15, 0.2) is 5.78 Å². The molecule has 0 bridgehead atoms. The molecule has 0 heterocycles. The highest BCUT2D eigenvalue weighted by atomic mass is 16.5. The number of carbonyl (C=O) groups is 3. The molecule has 0 spiro atoms. The Hall–Kier alpha value is -1.65. The summed E-state index contributed by atoms with van der Waals surface area (Å²) in [5.41, 5.74) is 1.60. The zero-order valence-electron chi connectivity index (χ0n) is 25.7. The minimum absolute atomic E-state index is 0.0265. The lowest BCUT2D eigenvalue weighted by molar-refractivity contribution is -0.211. The van der Waals surface area contributed by atoms with Gasteiger partial charge in [0.1, 0.15) is 6.10 Å². The second kappa shape index (κ2) is 8.92. The van der Waals surface area contributed by atoms with E-state index >= 15 is 0 Å². The lowest BCUT2D eigenvalue weighted by Crippen LogP contribution is -2.66. The fourth-order valence-corrected chi connectivity index (χ4v) is 11.0. The van der Waals surface area contributed by atoms with Crippen LogP contribution in [0.25, 0.3) is 0 Å². The van der Waals surface area contributed by atoms with Crippen molar-refractivity contribution in [2.24, 2.45) is 50.2 Å². The molecule has 0 radical (unpaired) electrons. The number of hydrogen-bond acceptors (Lipinski definition) is 4. The number of ketones is 1. The quantitative estimate of drug-likeness (QED) is 0.369. The van der Waals surface area contributed by atoms with Crippen molar-refractivity contribution in [2.45, 2.75) is 132 Å². The van der Waals surface area contributed by atoms with E-state index < -0.39 is 11.9 Å². The van der Waals surface area contributed by atoms with Gasteiger partial charge in [0.25, 0.3) is 0 Å². The van der Waals surface area contributed by atoms with Gasteiger partial charge in [-0.1, -0.05) is 61.0 Å². The molecule has 8 atom stereocenters. The highest BCUT2D eigenvalue weighted by Gasteiger charge is 2.70. The van der Waals surface area contributed by atoms with Crippen LogP contribution in [0.15, 0.2) is 11.6 Å². The Kier molecular flexibility index (Phi) is 6.60. The standard InChI is InChI=1S/C34H52O5/c1-29(2)15-16-31(5)17-18-33(7)21(22(31)20-29)19-23(35)28-32(6)13-12-25(39-27(38)10-9-26(36)37)30(3,4)24(32)11-14-34(28,33)8/h19,22,24-25,28H,9-18,20H2,1-8H3,(H,36,37). The van der Waals surface area contributed by atoms with E-state index in [1.165, 1.54) is 37.7 Å². The molecule has 1 N–H and O–H groups in total. The van der Waals surface area contributed by atoms with Crippen LogP contribution in [0.4, 0.5) is 0 Å². The Labute approximate surface area is 235 Å². The molecule has 39 heavy (non-hydrogen) atoms. The second-order valence-electron chi connectivity index (χ2n) is 16.6. The highest BCUT2D eigenvalue weighted by Crippen LogP contribution is 2.75. The van der Waals surface area contributed by atoms with Crippen LogP contribution in [0.5, 0.6) is 0 Å². The minimum Gasteiger partial charge on any atom is -0.481 e. The Morgan fingerprint density at radius 1 is 0.897 bits per heavy atom. The predicted octanol–water partition coefficient (Wildman–Crippen LogP) is 7.76. The van der Waals surface area contributed by atoms with Crippen molar-refractivity contribution in [1.82, 2.24) is 0 Å². The van der Waals surface area contributed by atoms with Gasteiger partial charge in [0, 0.05) is 11.3 Å². The molecule has 0 aromatic rings. The van der Waals surface area contributed by atoms with Crippen molar-refractivity contribution in [3.63, 3.8) is 0 Å². The number of aliphatic carboxylic acids is 1. The molecule has 218 valence electrons. The van der Waals surface area contributed by atoms with Crippen LogP contribution in [-0.2, 0) is 19.1 Å². The van der Waals surface area contributed by atoms with Crippen LogP contribution in [0.2, 0.25) is 0 Å². The Bertz CT molecular complexity index is 1100. The van der Waals surface area contributed by atoms with Crippen molar-refractivity contribution in [3.8, 4) is 0 Å². The summed E-state index contributed by atoms with van der Waals surface area (Å²) in [5, 5.41) is 8.98.